The Morgan fingerprint density at radius 2 is 2.00 bits per heavy atom. The summed E-state index contributed by atoms with van der Waals surface area (Å²) >= 11 is 0. The highest BCUT2D eigenvalue weighted by atomic mass is 16.6. The number of aryl methyl sites for hydroxylation is 1. The molecule has 0 bridgehead atoms. The topological polar surface area (TPSA) is 109 Å². The van der Waals surface area contributed by atoms with Crippen LogP contribution in [-0.4, -0.2) is 72.4 Å². The number of nitrogens with zero attached hydrogens (tertiary/aromatic N) is 6. The van der Waals surface area contributed by atoms with E-state index in [9.17, 15) is 14.9 Å². The predicted molar refractivity (Wildman–Crippen MR) is 147 cm³/mol. The molecule has 1 atom stereocenters. The molecular weight excluding hydrogens is 482 g/mol. The number of carbonyl (C=O) groups excluding carboxylic acids is 1. The second-order valence-corrected chi connectivity index (χ2v) is 11.4. The first kappa shape index (κ1) is 25.9. The van der Waals surface area contributed by atoms with Crippen molar-refractivity contribution in [3.63, 3.8) is 0 Å². The molecule has 38 heavy (non-hydrogen) atoms. The van der Waals surface area contributed by atoms with Gasteiger partial charge in [-0.2, -0.15) is 10.2 Å². The lowest BCUT2D eigenvalue weighted by Gasteiger charge is -2.42. The molecule has 3 aliphatic heterocycles. The van der Waals surface area contributed by atoms with E-state index >= 15 is 0 Å². The van der Waals surface area contributed by atoms with Crippen LogP contribution in [0.15, 0.2) is 23.0 Å². The molecule has 202 valence electrons. The zero-order valence-electron chi connectivity index (χ0n) is 22.8. The fourth-order valence-corrected chi connectivity index (χ4v) is 5.90. The number of rotatable bonds is 3. The van der Waals surface area contributed by atoms with Crippen LogP contribution in [0.5, 0.6) is 0 Å². The Kier molecular flexibility index (Phi) is 6.95. The zero-order chi connectivity index (χ0) is 27.0. The van der Waals surface area contributed by atoms with E-state index in [1.165, 1.54) is 16.9 Å². The fourth-order valence-electron chi connectivity index (χ4n) is 5.90. The van der Waals surface area contributed by atoms with Crippen LogP contribution in [0.2, 0.25) is 0 Å². The van der Waals surface area contributed by atoms with Crippen molar-refractivity contribution in [3.8, 4) is 6.07 Å². The number of fused-ring (bicyclic) bond motifs is 2. The van der Waals surface area contributed by atoms with Gasteiger partial charge in [-0.1, -0.05) is 12.1 Å². The molecule has 0 aliphatic carbocycles. The monoisotopic (exact) mass is 519 g/mol. The van der Waals surface area contributed by atoms with Crippen molar-refractivity contribution < 1.29 is 9.53 Å². The Morgan fingerprint density at radius 3 is 2.76 bits per heavy atom. The third kappa shape index (κ3) is 5.15. The number of carbonyl (C=O) groups is 1. The predicted octanol–water partition coefficient (Wildman–Crippen LogP) is 3.05. The number of ether oxygens (including phenoxy) is 1. The highest BCUT2D eigenvalue weighted by molar-refractivity contribution is 5.76. The number of aromatic amines is 1. The lowest BCUT2D eigenvalue weighted by molar-refractivity contribution is 0.0144. The number of hydrogen-bond donors (Lipinski definition) is 1. The van der Waals surface area contributed by atoms with E-state index in [1.807, 2.05) is 20.8 Å². The molecule has 1 saturated heterocycles. The van der Waals surface area contributed by atoms with E-state index in [0.717, 1.165) is 43.6 Å². The fraction of sp³-hybridized carbons (Fsp3) is 0.571. The van der Waals surface area contributed by atoms with Gasteiger partial charge >= 0.3 is 11.8 Å². The summed E-state index contributed by atoms with van der Waals surface area (Å²) < 4.78 is 5.58. The maximum Gasteiger partial charge on any atom is 0.410 e. The lowest BCUT2D eigenvalue weighted by Crippen LogP contribution is -2.56. The molecule has 1 aromatic heterocycles. The first-order valence-corrected chi connectivity index (χ1v) is 13.5. The van der Waals surface area contributed by atoms with E-state index < -0.39 is 11.7 Å². The van der Waals surface area contributed by atoms with E-state index in [1.54, 1.807) is 4.90 Å². The van der Waals surface area contributed by atoms with Crippen molar-refractivity contribution in [2.45, 2.75) is 64.6 Å². The third-order valence-corrected chi connectivity index (χ3v) is 7.58. The average Bonchev–Trinajstić information content (AvgIpc) is 2.87. The number of anilines is 3. The molecule has 1 aromatic carbocycles. The quantitative estimate of drug-likeness (QED) is 0.659. The molecule has 1 fully saturated rings. The maximum absolute atomic E-state index is 12.8. The average molecular weight is 520 g/mol. The van der Waals surface area contributed by atoms with Crippen molar-refractivity contribution >= 4 is 23.3 Å². The number of amides is 1. The molecule has 3 aliphatic rings. The number of para-hydroxylation sites is 1. The van der Waals surface area contributed by atoms with Crippen molar-refractivity contribution in [2.24, 2.45) is 0 Å². The molecule has 5 rings (SSSR count). The van der Waals surface area contributed by atoms with E-state index in [2.05, 4.69) is 56.0 Å². The lowest BCUT2D eigenvalue weighted by atomic mass is 9.98. The molecule has 0 spiro atoms. The third-order valence-electron chi connectivity index (χ3n) is 7.58. The highest BCUT2D eigenvalue weighted by Crippen LogP contribution is 2.38. The van der Waals surface area contributed by atoms with Crippen LogP contribution in [0, 0.1) is 11.3 Å². The van der Waals surface area contributed by atoms with Gasteiger partial charge in [0.25, 0.3) is 0 Å². The first-order valence-electron chi connectivity index (χ1n) is 13.5. The summed E-state index contributed by atoms with van der Waals surface area (Å²) in [6, 6.07) is 8.38. The van der Waals surface area contributed by atoms with E-state index in [4.69, 9.17) is 4.74 Å². The normalized spacial score (nSPS) is 19.5. The van der Waals surface area contributed by atoms with Crippen LogP contribution in [-0.2, 0) is 24.1 Å². The summed E-state index contributed by atoms with van der Waals surface area (Å²) in [5.41, 5.74) is 4.80. The van der Waals surface area contributed by atoms with E-state index in [-0.39, 0.29) is 18.2 Å². The standard InChI is InChI=1S/C28H37N7O3/c1-28(2,3)38-27(37)35-16-15-34(17-20(35)10-12-29)25-21-11-14-33(18-22(21)30-26(36)31-25)23-9-5-7-19-8-6-13-32(4)24(19)23/h5,7,9,20H,6,8,10-11,13-18H2,1-4H3,(H,30,31,36)/t20-/m0/s1. The minimum Gasteiger partial charge on any atom is -0.444 e. The van der Waals surface area contributed by atoms with Crippen molar-refractivity contribution in [3.05, 3.63) is 45.5 Å². The molecule has 0 saturated carbocycles. The number of aromatic nitrogens is 2. The summed E-state index contributed by atoms with van der Waals surface area (Å²) in [7, 11) is 2.15. The highest BCUT2D eigenvalue weighted by Gasteiger charge is 2.35. The second kappa shape index (κ2) is 10.2. The van der Waals surface area contributed by atoms with Gasteiger partial charge in [0.2, 0.25) is 0 Å². The number of benzene rings is 1. The molecule has 1 amide bonds. The smallest absolute Gasteiger partial charge is 0.410 e. The van der Waals surface area contributed by atoms with Crippen LogP contribution in [0.25, 0.3) is 0 Å². The van der Waals surface area contributed by atoms with Crippen LogP contribution in [0.3, 0.4) is 0 Å². The van der Waals surface area contributed by atoms with Crippen LogP contribution in [0.1, 0.15) is 50.4 Å². The minimum atomic E-state index is -0.614. The van der Waals surface area contributed by atoms with E-state index in [0.29, 0.717) is 32.0 Å². The van der Waals surface area contributed by atoms with Crippen molar-refractivity contribution in [1.82, 2.24) is 14.9 Å². The Bertz CT molecular complexity index is 1310. The molecule has 0 unspecified atom stereocenters. The molecule has 2 aromatic rings. The summed E-state index contributed by atoms with van der Waals surface area (Å²) in [6.45, 7) is 9.30. The number of hydrogen-bond acceptors (Lipinski definition) is 8. The Hall–Kier alpha value is -3.74. The zero-order valence-corrected chi connectivity index (χ0v) is 22.8. The number of piperazine rings is 1. The van der Waals surface area contributed by atoms with Crippen molar-refractivity contribution in [1.29, 1.82) is 5.26 Å². The molecule has 1 N–H and O–H groups in total. The molecule has 0 radical (unpaired) electrons. The van der Waals surface area contributed by atoms with Gasteiger partial charge < -0.3 is 29.3 Å². The molecule has 10 heteroatoms. The Balaban J connectivity index is 1.40. The Morgan fingerprint density at radius 1 is 1.18 bits per heavy atom. The molecular formula is C28H37N7O3. The Labute approximate surface area is 223 Å². The summed E-state index contributed by atoms with van der Waals surface area (Å²) in [5.74, 6) is 0.669. The number of nitrogens with one attached hydrogen (secondary N) is 1. The van der Waals surface area contributed by atoms with Crippen LogP contribution in [0.4, 0.5) is 22.0 Å². The summed E-state index contributed by atoms with van der Waals surface area (Å²) in [4.78, 5) is 41.3. The van der Waals surface area contributed by atoms with Gasteiger partial charge in [-0.15, -0.1) is 0 Å². The van der Waals surface area contributed by atoms with Gasteiger partial charge in [-0.05, 0) is 51.7 Å². The SMILES string of the molecule is CN1CCCc2cccc(N3CCc4c(N5CCN(C(=O)OC(C)(C)C)[C@@H](CC#N)C5)nc(=O)[nH]c4C3)c21. The molecule has 10 nitrogen and oxygen atoms in total. The van der Waals surface area contributed by atoms with Crippen LogP contribution >= 0.6 is 0 Å². The minimum absolute atomic E-state index is 0.182. The van der Waals surface area contributed by atoms with Gasteiger partial charge in [0.15, 0.2) is 0 Å². The van der Waals surface area contributed by atoms with Crippen LogP contribution < -0.4 is 20.4 Å². The summed E-state index contributed by atoms with van der Waals surface area (Å²) in [6.07, 6.45) is 2.76. The van der Waals surface area contributed by atoms with Gasteiger partial charge in [0.05, 0.1) is 36.5 Å². The van der Waals surface area contributed by atoms with Gasteiger partial charge in [-0.3, -0.25) is 0 Å². The van der Waals surface area contributed by atoms with Gasteiger partial charge in [-0.25, -0.2) is 9.59 Å². The largest absolute Gasteiger partial charge is 0.444 e. The molecule has 4 heterocycles. The number of nitriles is 1. The number of H-pyrrole nitrogens is 1. The first-order chi connectivity index (χ1) is 18.1. The second-order valence-electron chi connectivity index (χ2n) is 11.4. The van der Waals surface area contributed by atoms with Gasteiger partial charge in [0.1, 0.15) is 11.4 Å². The van der Waals surface area contributed by atoms with Gasteiger partial charge in [0, 0.05) is 51.0 Å². The maximum atomic E-state index is 12.8. The summed E-state index contributed by atoms with van der Waals surface area (Å²) in [5, 5.41) is 9.46. The van der Waals surface area contributed by atoms with Crippen molar-refractivity contribution in [2.75, 3.05) is 54.5 Å².